The molecule has 27 heavy (non-hydrogen) atoms. The monoisotopic (exact) mass is 407 g/mol. The van der Waals surface area contributed by atoms with Crippen LogP contribution in [0.4, 0.5) is 18.9 Å². The van der Waals surface area contributed by atoms with Gasteiger partial charge in [-0.25, -0.2) is 9.48 Å². The van der Waals surface area contributed by atoms with Crippen molar-refractivity contribution in [1.82, 2.24) is 9.78 Å². The van der Waals surface area contributed by atoms with E-state index < -0.39 is 43.1 Å². The smallest absolute Gasteiger partial charge is 0.423 e. The number of hydrogen-bond acceptors (Lipinski definition) is 5. The maximum absolute atomic E-state index is 13.6. The summed E-state index contributed by atoms with van der Waals surface area (Å²) >= 11 is 0. The first kappa shape index (κ1) is 21.4. The van der Waals surface area contributed by atoms with Crippen molar-refractivity contribution in [2.45, 2.75) is 57.5 Å². The number of alkyl halides is 3. The van der Waals surface area contributed by atoms with Crippen molar-refractivity contribution in [1.29, 1.82) is 0 Å². The summed E-state index contributed by atoms with van der Waals surface area (Å²) in [5.41, 5.74) is -3.22. The molecular weight excluding hydrogens is 383 g/mol. The molecule has 0 aromatic carbocycles. The van der Waals surface area contributed by atoms with E-state index in [2.05, 4.69) is 24.7 Å². The molecule has 2 heterocycles. The lowest BCUT2D eigenvalue weighted by molar-refractivity contribution is -0.140. The molecule has 152 valence electrons. The predicted octanol–water partition coefficient (Wildman–Crippen LogP) is 2.63. The van der Waals surface area contributed by atoms with Crippen LogP contribution in [0.5, 0.6) is 0 Å². The Bertz CT molecular complexity index is 746. The van der Waals surface area contributed by atoms with Gasteiger partial charge in [-0.1, -0.05) is 19.6 Å². The summed E-state index contributed by atoms with van der Waals surface area (Å²) < 4.78 is 46.7. The molecule has 1 atom stereocenters. The van der Waals surface area contributed by atoms with Crippen LogP contribution in [0.25, 0.3) is 0 Å². The molecule has 11 heteroatoms. The third-order valence-electron chi connectivity index (χ3n) is 4.36. The first-order valence-corrected chi connectivity index (χ1v) is 12.4. The molecule has 0 amide bonds. The molecule has 1 saturated heterocycles. The maximum atomic E-state index is 13.6. The summed E-state index contributed by atoms with van der Waals surface area (Å²) in [4.78, 5) is 24.8. The van der Waals surface area contributed by atoms with Gasteiger partial charge < -0.3 is 14.7 Å². The van der Waals surface area contributed by atoms with E-state index in [9.17, 15) is 27.9 Å². The van der Waals surface area contributed by atoms with Crippen molar-refractivity contribution in [3.8, 4) is 0 Å². The van der Waals surface area contributed by atoms with Crippen LogP contribution < -0.4 is 10.5 Å². The number of aliphatic carboxylic acids is 1. The van der Waals surface area contributed by atoms with E-state index >= 15 is 0 Å². The van der Waals surface area contributed by atoms with E-state index in [1.54, 1.807) is 0 Å². The Morgan fingerprint density at radius 2 is 2.07 bits per heavy atom. The van der Waals surface area contributed by atoms with Crippen molar-refractivity contribution in [2.24, 2.45) is 0 Å². The Balaban J connectivity index is 2.31. The Morgan fingerprint density at radius 3 is 2.63 bits per heavy atom. The number of ether oxygens (including phenoxy) is 1. The fraction of sp³-hybridized carbons (Fsp3) is 0.688. The van der Waals surface area contributed by atoms with Crippen molar-refractivity contribution < 1.29 is 27.8 Å². The summed E-state index contributed by atoms with van der Waals surface area (Å²) in [6, 6.07) is -0.295. The zero-order valence-electron chi connectivity index (χ0n) is 15.5. The van der Waals surface area contributed by atoms with Gasteiger partial charge in [0.25, 0.3) is 5.56 Å². The van der Waals surface area contributed by atoms with Crippen LogP contribution >= 0.6 is 0 Å². The van der Waals surface area contributed by atoms with Crippen LogP contribution in [0.1, 0.15) is 18.4 Å². The Morgan fingerprint density at radius 1 is 1.41 bits per heavy atom. The number of halogens is 3. The van der Waals surface area contributed by atoms with Crippen molar-refractivity contribution in [3.63, 3.8) is 0 Å². The van der Waals surface area contributed by atoms with Gasteiger partial charge in [-0.3, -0.25) is 4.79 Å². The van der Waals surface area contributed by atoms with E-state index in [0.717, 1.165) is 17.1 Å². The van der Waals surface area contributed by atoms with E-state index in [-0.39, 0.29) is 19.7 Å². The third kappa shape index (κ3) is 5.31. The minimum Gasteiger partial charge on any atom is -0.480 e. The quantitative estimate of drug-likeness (QED) is 0.553. The highest BCUT2D eigenvalue weighted by molar-refractivity contribution is 6.76. The zero-order chi connectivity index (χ0) is 20.4. The van der Waals surface area contributed by atoms with Gasteiger partial charge in [0.2, 0.25) is 0 Å². The lowest BCUT2D eigenvalue weighted by Gasteiger charge is -2.26. The molecule has 2 rings (SSSR count). The van der Waals surface area contributed by atoms with Crippen molar-refractivity contribution >= 4 is 19.7 Å². The number of carboxylic acid groups (broad SMARTS) is 1. The van der Waals surface area contributed by atoms with Crippen LogP contribution in [-0.4, -0.2) is 48.1 Å². The Kier molecular flexibility index (Phi) is 6.35. The summed E-state index contributed by atoms with van der Waals surface area (Å²) in [5, 5.41) is 13.0. The second-order valence-electron chi connectivity index (χ2n) is 7.74. The summed E-state index contributed by atoms with van der Waals surface area (Å²) in [6.07, 6.45) is -3.37. The SMILES string of the molecule is C[Si](C)(C)CCOCn1ncc(N2CCC[C@H]2C(=O)O)c(C(F)(F)F)c1=O. The lowest BCUT2D eigenvalue weighted by atomic mass is 10.2. The standard InChI is InChI=1S/C16H24F3N3O4Si/c1-27(2,3)8-7-26-10-22-14(23)13(16(17,18)19)12(9-20-22)21-6-4-5-11(21)15(24)25/h9,11H,4-8,10H2,1-3H3,(H,24,25)/t11-/m0/s1. The largest absolute Gasteiger partial charge is 0.480 e. The summed E-state index contributed by atoms with van der Waals surface area (Å²) in [5.74, 6) is -1.22. The van der Waals surface area contributed by atoms with Gasteiger partial charge in [0.15, 0.2) is 0 Å². The molecule has 0 bridgehead atoms. The van der Waals surface area contributed by atoms with Crippen LogP contribution in [0, 0.1) is 0 Å². The van der Waals surface area contributed by atoms with Gasteiger partial charge in [-0.2, -0.15) is 18.3 Å². The average Bonchev–Trinajstić information content (AvgIpc) is 2.99. The highest BCUT2D eigenvalue weighted by atomic mass is 28.3. The minimum atomic E-state index is -4.93. The van der Waals surface area contributed by atoms with Gasteiger partial charge in [-0.05, 0) is 18.9 Å². The van der Waals surface area contributed by atoms with Crippen LogP contribution in [0.15, 0.2) is 11.0 Å². The number of rotatable bonds is 7. The molecule has 0 spiro atoms. The molecule has 0 unspecified atom stereocenters. The van der Waals surface area contributed by atoms with Gasteiger partial charge in [-0.15, -0.1) is 0 Å². The maximum Gasteiger partial charge on any atom is 0.423 e. The normalized spacial score (nSPS) is 18.1. The summed E-state index contributed by atoms with van der Waals surface area (Å²) in [7, 11) is -1.37. The van der Waals surface area contributed by atoms with E-state index in [4.69, 9.17) is 4.74 Å². The van der Waals surface area contributed by atoms with Crippen LogP contribution in [-0.2, 0) is 22.4 Å². The number of carbonyl (C=O) groups is 1. The van der Waals surface area contributed by atoms with Gasteiger partial charge in [0.05, 0.1) is 11.9 Å². The number of anilines is 1. The number of carboxylic acids is 1. The number of aromatic nitrogens is 2. The highest BCUT2D eigenvalue weighted by Crippen LogP contribution is 2.36. The lowest BCUT2D eigenvalue weighted by Crippen LogP contribution is -2.40. The van der Waals surface area contributed by atoms with E-state index in [1.165, 1.54) is 0 Å². The summed E-state index contributed by atoms with van der Waals surface area (Å²) in [6.45, 7) is 6.47. The topological polar surface area (TPSA) is 84.7 Å². The molecule has 1 aromatic rings. The molecule has 1 aromatic heterocycles. The fourth-order valence-electron chi connectivity index (χ4n) is 2.90. The molecule has 1 aliphatic heterocycles. The zero-order valence-corrected chi connectivity index (χ0v) is 16.5. The average molecular weight is 407 g/mol. The van der Waals surface area contributed by atoms with Crippen LogP contribution in [0.3, 0.4) is 0 Å². The molecule has 0 aliphatic carbocycles. The van der Waals surface area contributed by atoms with E-state index in [0.29, 0.717) is 17.7 Å². The molecular formula is C16H24F3N3O4Si. The second-order valence-corrected chi connectivity index (χ2v) is 13.4. The Hall–Kier alpha value is -1.88. The van der Waals surface area contributed by atoms with Crippen LogP contribution in [0.2, 0.25) is 25.7 Å². The Labute approximate surface area is 155 Å². The predicted molar refractivity (Wildman–Crippen MR) is 95.6 cm³/mol. The molecule has 1 aliphatic rings. The van der Waals surface area contributed by atoms with E-state index in [1.807, 2.05) is 0 Å². The van der Waals surface area contributed by atoms with Crippen molar-refractivity contribution in [3.05, 3.63) is 22.1 Å². The third-order valence-corrected chi connectivity index (χ3v) is 6.07. The van der Waals surface area contributed by atoms with Crippen molar-refractivity contribution in [2.75, 3.05) is 18.1 Å². The molecule has 1 fully saturated rings. The first-order chi connectivity index (χ1) is 12.4. The second kappa shape index (κ2) is 8.01. The highest BCUT2D eigenvalue weighted by Gasteiger charge is 2.42. The molecule has 1 N–H and O–H groups in total. The number of hydrogen-bond donors (Lipinski definition) is 1. The minimum absolute atomic E-state index is 0.123. The number of nitrogens with zero attached hydrogens (tertiary/aromatic N) is 3. The van der Waals surface area contributed by atoms with Gasteiger partial charge in [0, 0.05) is 21.2 Å². The molecule has 0 saturated carbocycles. The molecule has 0 radical (unpaired) electrons. The van der Waals surface area contributed by atoms with Gasteiger partial charge >= 0.3 is 12.1 Å². The van der Waals surface area contributed by atoms with Gasteiger partial charge in [0.1, 0.15) is 18.3 Å². The first-order valence-electron chi connectivity index (χ1n) is 8.66. The fourth-order valence-corrected chi connectivity index (χ4v) is 3.65. The molecule has 7 nitrogen and oxygen atoms in total.